The van der Waals surface area contributed by atoms with Crippen molar-refractivity contribution in [3.63, 3.8) is 0 Å². The van der Waals surface area contributed by atoms with Crippen LogP contribution in [0.5, 0.6) is 0 Å². The molecule has 0 aliphatic rings. The molecule has 1 N–H and O–H groups in total. The lowest BCUT2D eigenvalue weighted by atomic mass is 9.88. The Morgan fingerprint density at radius 3 is 1.82 bits per heavy atom. The average Bonchev–Trinajstić information content (AvgIpc) is 2.27. The number of benzene rings is 1. The Morgan fingerprint density at radius 1 is 1.00 bits per heavy atom. The third-order valence-corrected chi connectivity index (χ3v) is 2.71. The van der Waals surface area contributed by atoms with Crippen molar-refractivity contribution < 1.29 is 27.1 Å². The summed E-state index contributed by atoms with van der Waals surface area (Å²) < 4.78 is 63.1. The third kappa shape index (κ3) is 2.24. The van der Waals surface area contributed by atoms with Crippen molar-refractivity contribution in [2.75, 3.05) is 5.88 Å². The highest BCUT2D eigenvalue weighted by Gasteiger charge is 2.70. The van der Waals surface area contributed by atoms with E-state index < -0.39 is 29.1 Å². The Labute approximate surface area is 98.8 Å². The molecule has 7 heteroatoms. The van der Waals surface area contributed by atoms with Crippen molar-refractivity contribution in [2.24, 2.45) is 0 Å². The van der Waals surface area contributed by atoms with Crippen molar-refractivity contribution in [3.8, 4) is 0 Å². The monoisotopic (exact) mass is 274 g/mol. The van der Waals surface area contributed by atoms with E-state index in [1.165, 1.54) is 18.2 Å². The summed E-state index contributed by atoms with van der Waals surface area (Å²) in [6.45, 7) is 0. The van der Waals surface area contributed by atoms with Gasteiger partial charge in [0.05, 0.1) is 5.88 Å². The molecule has 0 aliphatic heterocycles. The summed E-state index contributed by atoms with van der Waals surface area (Å²) in [6, 6.07) is 5.81. The number of rotatable bonds is 3. The van der Waals surface area contributed by atoms with E-state index in [-0.39, 0.29) is 0 Å². The maximum atomic E-state index is 13.2. The summed E-state index contributed by atoms with van der Waals surface area (Å²) in [5, 5.41) is 9.55. The van der Waals surface area contributed by atoms with Crippen LogP contribution in [0.25, 0.3) is 0 Å². The molecule has 0 saturated carbocycles. The van der Waals surface area contributed by atoms with E-state index in [0.29, 0.717) is 0 Å². The molecule has 1 aromatic carbocycles. The molecule has 0 saturated heterocycles. The van der Waals surface area contributed by atoms with E-state index in [1.54, 1.807) is 0 Å². The smallest absolute Gasteiger partial charge is 0.377 e. The molecular weight excluding hydrogens is 267 g/mol. The first kappa shape index (κ1) is 14.2. The van der Waals surface area contributed by atoms with Crippen LogP contribution in [-0.4, -0.2) is 23.1 Å². The van der Waals surface area contributed by atoms with E-state index >= 15 is 0 Å². The fraction of sp³-hybridized carbons (Fsp3) is 0.400. The Morgan fingerprint density at radius 2 is 1.47 bits per heavy atom. The van der Waals surface area contributed by atoms with Gasteiger partial charge in [-0.25, -0.2) is 0 Å². The standard InChI is InChI=1S/C10H8ClF5O/c11-6-8(17,7-4-2-1-3-5-7)9(12,13)10(14,15)16/h1-5,17H,6H2/t8-/m1/s1. The van der Waals surface area contributed by atoms with Crippen LogP contribution >= 0.6 is 11.6 Å². The Bertz CT molecular complexity index is 378. The van der Waals surface area contributed by atoms with Crippen LogP contribution in [0, 0.1) is 0 Å². The lowest BCUT2D eigenvalue weighted by Gasteiger charge is -2.35. The summed E-state index contributed by atoms with van der Waals surface area (Å²) in [7, 11) is 0. The van der Waals surface area contributed by atoms with Crippen LogP contribution in [0.15, 0.2) is 30.3 Å². The van der Waals surface area contributed by atoms with Gasteiger partial charge in [-0.2, -0.15) is 22.0 Å². The zero-order valence-electron chi connectivity index (χ0n) is 8.31. The number of alkyl halides is 6. The molecule has 1 aromatic rings. The molecule has 0 radical (unpaired) electrons. The summed E-state index contributed by atoms with van der Waals surface area (Å²) in [5.41, 5.74) is -4.06. The van der Waals surface area contributed by atoms with Gasteiger partial charge < -0.3 is 5.11 Å². The van der Waals surface area contributed by atoms with E-state index in [0.717, 1.165) is 12.1 Å². The molecular formula is C10H8ClF5O. The van der Waals surface area contributed by atoms with E-state index in [1.807, 2.05) is 0 Å². The van der Waals surface area contributed by atoms with Gasteiger partial charge in [0.1, 0.15) is 0 Å². The molecule has 0 amide bonds. The topological polar surface area (TPSA) is 20.2 Å². The largest absolute Gasteiger partial charge is 0.456 e. The Balaban J connectivity index is 3.31. The summed E-state index contributed by atoms with van der Waals surface area (Å²) in [4.78, 5) is 0. The highest BCUT2D eigenvalue weighted by molar-refractivity contribution is 6.18. The van der Waals surface area contributed by atoms with Crippen LogP contribution in [0.3, 0.4) is 0 Å². The highest BCUT2D eigenvalue weighted by atomic mass is 35.5. The minimum Gasteiger partial charge on any atom is -0.377 e. The summed E-state index contributed by atoms with van der Waals surface area (Å²) >= 11 is 5.10. The van der Waals surface area contributed by atoms with Gasteiger partial charge in [-0.1, -0.05) is 30.3 Å². The second kappa shape index (κ2) is 4.42. The van der Waals surface area contributed by atoms with Crippen molar-refractivity contribution in [2.45, 2.75) is 17.7 Å². The van der Waals surface area contributed by atoms with Gasteiger partial charge in [-0.05, 0) is 5.56 Å². The lowest BCUT2D eigenvalue weighted by Crippen LogP contribution is -2.56. The molecule has 0 aromatic heterocycles. The van der Waals surface area contributed by atoms with Gasteiger partial charge >= 0.3 is 12.1 Å². The maximum absolute atomic E-state index is 13.2. The maximum Gasteiger partial charge on any atom is 0.456 e. The second-order valence-electron chi connectivity index (χ2n) is 3.43. The highest BCUT2D eigenvalue weighted by Crippen LogP contribution is 2.48. The van der Waals surface area contributed by atoms with Gasteiger partial charge in [-0.15, -0.1) is 11.6 Å². The zero-order chi connectivity index (χ0) is 13.3. The zero-order valence-corrected chi connectivity index (χ0v) is 9.06. The van der Waals surface area contributed by atoms with Gasteiger partial charge in [-0.3, -0.25) is 0 Å². The SMILES string of the molecule is O[C@](CCl)(c1ccccc1)C(F)(F)C(F)(F)F. The van der Waals surface area contributed by atoms with Crippen molar-refractivity contribution in [1.29, 1.82) is 0 Å². The first-order valence-corrected chi connectivity index (χ1v) is 4.98. The molecule has 96 valence electrons. The van der Waals surface area contributed by atoms with Gasteiger partial charge in [0.15, 0.2) is 5.60 Å². The quantitative estimate of drug-likeness (QED) is 0.662. The molecule has 0 unspecified atom stereocenters. The minimum atomic E-state index is -5.88. The number of aliphatic hydroxyl groups is 1. The summed E-state index contributed by atoms with van der Waals surface area (Å²) in [6.07, 6.45) is -5.88. The van der Waals surface area contributed by atoms with Crippen LogP contribution in [0.2, 0.25) is 0 Å². The van der Waals surface area contributed by atoms with Gasteiger partial charge in [0.25, 0.3) is 0 Å². The van der Waals surface area contributed by atoms with E-state index in [9.17, 15) is 27.1 Å². The van der Waals surface area contributed by atoms with Crippen molar-refractivity contribution in [3.05, 3.63) is 35.9 Å². The Hall–Kier alpha value is -0.880. The fourth-order valence-electron chi connectivity index (χ4n) is 1.29. The Kier molecular flexibility index (Phi) is 3.69. The first-order valence-electron chi connectivity index (χ1n) is 4.45. The molecule has 0 spiro atoms. The van der Waals surface area contributed by atoms with E-state index in [2.05, 4.69) is 0 Å². The molecule has 0 aliphatic carbocycles. The van der Waals surface area contributed by atoms with Crippen molar-refractivity contribution >= 4 is 11.6 Å². The van der Waals surface area contributed by atoms with Crippen LogP contribution in [0.1, 0.15) is 5.56 Å². The van der Waals surface area contributed by atoms with Crippen LogP contribution in [-0.2, 0) is 5.60 Å². The predicted molar refractivity (Wildman–Crippen MR) is 52.1 cm³/mol. The number of hydrogen-bond donors (Lipinski definition) is 1. The molecule has 1 atom stereocenters. The lowest BCUT2D eigenvalue weighted by molar-refractivity contribution is -0.341. The molecule has 17 heavy (non-hydrogen) atoms. The van der Waals surface area contributed by atoms with Gasteiger partial charge in [0, 0.05) is 0 Å². The van der Waals surface area contributed by atoms with E-state index in [4.69, 9.17) is 11.6 Å². The second-order valence-corrected chi connectivity index (χ2v) is 3.70. The fourth-order valence-corrected chi connectivity index (χ4v) is 1.61. The minimum absolute atomic E-state index is 0.586. The van der Waals surface area contributed by atoms with Crippen molar-refractivity contribution in [1.82, 2.24) is 0 Å². The number of hydrogen-bond acceptors (Lipinski definition) is 1. The van der Waals surface area contributed by atoms with Gasteiger partial charge in [0.2, 0.25) is 0 Å². The van der Waals surface area contributed by atoms with Crippen LogP contribution in [0.4, 0.5) is 22.0 Å². The predicted octanol–water partition coefficient (Wildman–Crippen LogP) is 3.31. The third-order valence-electron chi connectivity index (χ3n) is 2.32. The normalized spacial score (nSPS) is 16.6. The molecule has 0 heterocycles. The first-order chi connectivity index (χ1) is 7.67. The average molecular weight is 275 g/mol. The van der Waals surface area contributed by atoms with Crippen LogP contribution < -0.4 is 0 Å². The molecule has 1 rings (SSSR count). The number of halogens is 6. The molecule has 0 bridgehead atoms. The molecule has 0 fully saturated rings. The summed E-state index contributed by atoms with van der Waals surface area (Å²) in [5.74, 6) is -6.60. The molecule has 1 nitrogen and oxygen atoms in total.